The smallest absolute Gasteiger partial charge is 0.335 e. The Hall–Kier alpha value is -3.13. The van der Waals surface area contributed by atoms with Gasteiger partial charge in [-0.3, -0.25) is 9.78 Å². The fraction of sp³-hybridized carbons (Fsp3) is 0.158. The number of ether oxygens (including phenoxy) is 1. The number of H-pyrrole nitrogens is 1. The van der Waals surface area contributed by atoms with Gasteiger partial charge in [-0.05, 0) is 30.7 Å². The predicted octanol–water partition coefficient (Wildman–Crippen LogP) is 3.09. The summed E-state index contributed by atoms with van der Waals surface area (Å²) in [5.41, 5.74) is 0.978. The van der Waals surface area contributed by atoms with Crippen molar-refractivity contribution in [3.8, 4) is 17.0 Å². The van der Waals surface area contributed by atoms with Crippen molar-refractivity contribution in [3.05, 3.63) is 70.5 Å². The molecular formula is C19H17N3O4S. The lowest BCUT2D eigenvalue weighted by Crippen LogP contribution is -2.14. The maximum atomic E-state index is 12.2. The molecule has 0 fully saturated rings. The second-order valence-corrected chi connectivity index (χ2v) is 6.64. The first kappa shape index (κ1) is 18.7. The molecule has 1 aromatic heterocycles. The molecule has 3 rings (SSSR count). The summed E-state index contributed by atoms with van der Waals surface area (Å²) in [6.45, 7) is 0.471. The van der Waals surface area contributed by atoms with Gasteiger partial charge in [-0.25, -0.2) is 4.79 Å². The van der Waals surface area contributed by atoms with Gasteiger partial charge in [0.2, 0.25) is 0 Å². The lowest BCUT2D eigenvalue weighted by molar-refractivity contribution is 0.0697. The number of hydrogen-bond acceptors (Lipinski definition) is 6. The van der Waals surface area contributed by atoms with Crippen molar-refractivity contribution in [3.63, 3.8) is 0 Å². The lowest BCUT2D eigenvalue weighted by atomic mass is 10.2. The number of aromatic carboxylic acids is 1. The van der Waals surface area contributed by atoms with Crippen molar-refractivity contribution in [2.24, 2.45) is 0 Å². The Morgan fingerprint density at radius 3 is 2.48 bits per heavy atom. The number of aromatic nitrogens is 3. The molecule has 138 valence electrons. The van der Waals surface area contributed by atoms with Crippen LogP contribution in [0.25, 0.3) is 11.3 Å². The molecule has 0 aliphatic carbocycles. The second-order valence-electron chi connectivity index (χ2n) is 5.55. The van der Waals surface area contributed by atoms with Crippen LogP contribution in [0.2, 0.25) is 0 Å². The summed E-state index contributed by atoms with van der Waals surface area (Å²) in [4.78, 5) is 25.7. The topological polar surface area (TPSA) is 105 Å². The van der Waals surface area contributed by atoms with E-state index in [-0.39, 0.29) is 11.1 Å². The molecule has 0 spiro atoms. The van der Waals surface area contributed by atoms with Crippen LogP contribution >= 0.6 is 11.8 Å². The van der Waals surface area contributed by atoms with Crippen molar-refractivity contribution < 1.29 is 14.6 Å². The summed E-state index contributed by atoms with van der Waals surface area (Å²) >= 11 is 1.39. The zero-order valence-electron chi connectivity index (χ0n) is 14.3. The summed E-state index contributed by atoms with van der Waals surface area (Å²) in [6.07, 6.45) is 0.732. The highest BCUT2D eigenvalue weighted by Crippen LogP contribution is 2.16. The van der Waals surface area contributed by atoms with Crippen LogP contribution in [0.15, 0.2) is 64.5 Å². The van der Waals surface area contributed by atoms with Crippen LogP contribution in [0.4, 0.5) is 0 Å². The monoisotopic (exact) mass is 383 g/mol. The van der Waals surface area contributed by atoms with E-state index in [1.807, 2.05) is 30.3 Å². The predicted molar refractivity (Wildman–Crippen MR) is 102 cm³/mol. The van der Waals surface area contributed by atoms with E-state index < -0.39 is 5.97 Å². The molecule has 0 amide bonds. The Balaban J connectivity index is 1.46. The van der Waals surface area contributed by atoms with Crippen molar-refractivity contribution >= 4 is 17.7 Å². The second kappa shape index (κ2) is 9.00. The highest BCUT2D eigenvalue weighted by Gasteiger charge is 2.07. The van der Waals surface area contributed by atoms with E-state index in [0.29, 0.717) is 29.0 Å². The Morgan fingerprint density at radius 2 is 1.81 bits per heavy atom. The highest BCUT2D eigenvalue weighted by molar-refractivity contribution is 7.99. The Kier molecular flexibility index (Phi) is 6.22. The molecule has 0 unspecified atom stereocenters. The van der Waals surface area contributed by atoms with Crippen LogP contribution in [-0.4, -0.2) is 38.6 Å². The van der Waals surface area contributed by atoms with Gasteiger partial charge in [0.1, 0.15) is 5.75 Å². The molecule has 0 saturated carbocycles. The first-order valence-electron chi connectivity index (χ1n) is 8.25. The van der Waals surface area contributed by atoms with Crippen LogP contribution in [0.3, 0.4) is 0 Å². The van der Waals surface area contributed by atoms with Crippen molar-refractivity contribution in [1.82, 2.24) is 15.2 Å². The Bertz CT molecular complexity index is 959. The molecule has 1 heterocycles. The molecule has 8 heteroatoms. The summed E-state index contributed by atoms with van der Waals surface area (Å²) in [5.74, 6) is 0.347. The SMILES string of the molecule is O=C(O)c1ccc(OCCCSc2nnc(-c3ccccc3)c(=O)[nH]2)cc1. The average Bonchev–Trinajstić information content (AvgIpc) is 2.69. The summed E-state index contributed by atoms with van der Waals surface area (Å²) in [7, 11) is 0. The first-order chi connectivity index (χ1) is 13.1. The Labute approximate surface area is 159 Å². The number of nitrogens with zero attached hydrogens (tertiary/aromatic N) is 2. The first-order valence-corrected chi connectivity index (χ1v) is 9.23. The zero-order chi connectivity index (χ0) is 19.1. The van der Waals surface area contributed by atoms with E-state index >= 15 is 0 Å². The number of carboxylic acids is 1. The van der Waals surface area contributed by atoms with Gasteiger partial charge in [0.25, 0.3) is 5.56 Å². The third-order valence-corrected chi connectivity index (χ3v) is 4.57. The van der Waals surface area contributed by atoms with Crippen LogP contribution < -0.4 is 10.3 Å². The van der Waals surface area contributed by atoms with Crippen LogP contribution in [0.1, 0.15) is 16.8 Å². The van der Waals surface area contributed by atoms with Gasteiger partial charge >= 0.3 is 5.97 Å². The van der Waals surface area contributed by atoms with E-state index in [4.69, 9.17) is 9.84 Å². The maximum Gasteiger partial charge on any atom is 0.335 e. The quantitative estimate of drug-likeness (QED) is 0.455. The summed E-state index contributed by atoms with van der Waals surface area (Å²) in [5, 5.41) is 17.4. The molecule has 0 aliphatic rings. The third kappa shape index (κ3) is 5.18. The van der Waals surface area contributed by atoms with Crippen molar-refractivity contribution in [1.29, 1.82) is 0 Å². The van der Waals surface area contributed by atoms with Gasteiger partial charge in [0, 0.05) is 11.3 Å². The molecule has 7 nitrogen and oxygen atoms in total. The maximum absolute atomic E-state index is 12.2. The van der Waals surface area contributed by atoms with E-state index in [0.717, 1.165) is 12.0 Å². The number of carboxylic acid groups (broad SMARTS) is 1. The number of hydrogen-bond donors (Lipinski definition) is 2. The fourth-order valence-corrected chi connectivity index (χ4v) is 3.00. The number of thioether (sulfide) groups is 1. The molecule has 3 aromatic rings. The van der Waals surface area contributed by atoms with Gasteiger partial charge in [0.05, 0.1) is 12.2 Å². The number of nitrogens with one attached hydrogen (secondary N) is 1. The van der Waals surface area contributed by atoms with Crippen LogP contribution in [0, 0.1) is 0 Å². The van der Waals surface area contributed by atoms with E-state index in [1.54, 1.807) is 12.1 Å². The standard InChI is InChI=1S/C19H17N3O4S/c23-17-16(13-5-2-1-3-6-13)21-22-19(20-17)27-12-4-11-26-15-9-7-14(8-10-15)18(24)25/h1-3,5-10H,4,11-12H2,(H,24,25)(H,20,22,23). The van der Waals surface area contributed by atoms with Gasteiger partial charge < -0.3 is 9.84 Å². The number of aromatic amines is 1. The molecule has 0 saturated heterocycles. The Morgan fingerprint density at radius 1 is 1.07 bits per heavy atom. The van der Waals surface area contributed by atoms with Gasteiger partial charge in [-0.15, -0.1) is 10.2 Å². The van der Waals surface area contributed by atoms with E-state index in [9.17, 15) is 9.59 Å². The molecule has 2 N–H and O–H groups in total. The zero-order valence-corrected chi connectivity index (χ0v) is 15.1. The van der Waals surface area contributed by atoms with Crippen LogP contribution in [-0.2, 0) is 0 Å². The van der Waals surface area contributed by atoms with Gasteiger partial charge in [-0.1, -0.05) is 42.1 Å². The molecule has 27 heavy (non-hydrogen) atoms. The lowest BCUT2D eigenvalue weighted by Gasteiger charge is -2.06. The van der Waals surface area contributed by atoms with Crippen molar-refractivity contribution in [2.75, 3.05) is 12.4 Å². The number of rotatable bonds is 8. The van der Waals surface area contributed by atoms with Gasteiger partial charge in [-0.2, -0.15) is 0 Å². The van der Waals surface area contributed by atoms with Crippen LogP contribution in [0.5, 0.6) is 5.75 Å². The summed E-state index contributed by atoms with van der Waals surface area (Å²) in [6, 6.07) is 15.4. The number of benzene rings is 2. The molecular weight excluding hydrogens is 366 g/mol. The highest BCUT2D eigenvalue weighted by atomic mass is 32.2. The average molecular weight is 383 g/mol. The number of carbonyl (C=O) groups is 1. The normalized spacial score (nSPS) is 10.5. The van der Waals surface area contributed by atoms with E-state index in [1.165, 1.54) is 23.9 Å². The third-order valence-electron chi connectivity index (χ3n) is 3.62. The molecule has 2 aromatic carbocycles. The van der Waals surface area contributed by atoms with E-state index in [2.05, 4.69) is 15.2 Å². The molecule has 0 atom stereocenters. The molecule has 0 bridgehead atoms. The summed E-state index contributed by atoms with van der Waals surface area (Å²) < 4.78 is 5.57. The molecule has 0 radical (unpaired) electrons. The minimum absolute atomic E-state index is 0.222. The van der Waals surface area contributed by atoms with Crippen molar-refractivity contribution in [2.45, 2.75) is 11.6 Å². The minimum atomic E-state index is -0.966. The molecule has 0 aliphatic heterocycles. The fourth-order valence-electron chi connectivity index (χ4n) is 2.28. The largest absolute Gasteiger partial charge is 0.494 e. The minimum Gasteiger partial charge on any atom is -0.494 e. The van der Waals surface area contributed by atoms with Gasteiger partial charge in [0.15, 0.2) is 10.9 Å².